The van der Waals surface area contributed by atoms with Gasteiger partial charge < -0.3 is 4.74 Å². The molecule has 3 aliphatic carbocycles. The third kappa shape index (κ3) is 0.894. The van der Waals surface area contributed by atoms with E-state index >= 15 is 0 Å². The molecular weight excluding hydrogens is 172 g/mol. The Labute approximate surface area is 86.5 Å². The lowest BCUT2D eigenvalue weighted by Gasteiger charge is -2.43. The van der Waals surface area contributed by atoms with Gasteiger partial charge in [-0.3, -0.25) is 0 Å². The molecule has 3 rings (SSSR count). The Morgan fingerprint density at radius 2 is 2.21 bits per heavy atom. The van der Waals surface area contributed by atoms with Crippen LogP contribution in [0.5, 0.6) is 0 Å². The second-order valence-corrected chi connectivity index (χ2v) is 5.62. The number of hydrogen-bond acceptors (Lipinski definition) is 1. The SMILES string of the molecule is C=C1[C@H]2C[C@H]2[C@]2(OC)C[C@H](C)CC[C@@H]12. The topological polar surface area (TPSA) is 9.23 Å². The van der Waals surface area contributed by atoms with E-state index in [1.54, 1.807) is 0 Å². The molecule has 3 aliphatic rings. The maximum absolute atomic E-state index is 5.94. The molecule has 1 heteroatoms. The molecule has 1 nitrogen and oxygen atoms in total. The molecule has 0 radical (unpaired) electrons. The highest BCUT2D eigenvalue weighted by Gasteiger charge is 2.66. The Hall–Kier alpha value is -0.300. The van der Waals surface area contributed by atoms with E-state index in [9.17, 15) is 0 Å². The summed E-state index contributed by atoms with van der Waals surface area (Å²) < 4.78 is 5.94. The first kappa shape index (κ1) is 8.96. The Morgan fingerprint density at radius 3 is 2.93 bits per heavy atom. The first-order chi connectivity index (χ1) is 6.69. The predicted molar refractivity (Wildman–Crippen MR) is 57.0 cm³/mol. The monoisotopic (exact) mass is 192 g/mol. The summed E-state index contributed by atoms with van der Waals surface area (Å²) in [6.45, 7) is 6.67. The van der Waals surface area contributed by atoms with Gasteiger partial charge in [-0.05, 0) is 43.4 Å². The molecule has 78 valence electrons. The first-order valence-corrected chi connectivity index (χ1v) is 5.93. The Bertz CT molecular complexity index is 283. The van der Waals surface area contributed by atoms with Gasteiger partial charge in [0.2, 0.25) is 0 Å². The van der Waals surface area contributed by atoms with Crippen molar-refractivity contribution in [3.8, 4) is 0 Å². The van der Waals surface area contributed by atoms with Crippen molar-refractivity contribution in [1.29, 1.82) is 0 Å². The van der Waals surface area contributed by atoms with Gasteiger partial charge in [-0.2, -0.15) is 0 Å². The predicted octanol–water partition coefficient (Wildman–Crippen LogP) is 3.01. The first-order valence-electron chi connectivity index (χ1n) is 5.93. The minimum Gasteiger partial charge on any atom is -0.377 e. The van der Waals surface area contributed by atoms with E-state index in [2.05, 4.69) is 13.5 Å². The summed E-state index contributed by atoms with van der Waals surface area (Å²) in [5.41, 5.74) is 1.73. The molecule has 0 heterocycles. The van der Waals surface area contributed by atoms with Crippen LogP contribution in [-0.2, 0) is 4.74 Å². The highest BCUT2D eigenvalue weighted by atomic mass is 16.5. The lowest BCUT2D eigenvalue weighted by Crippen LogP contribution is -2.44. The molecule has 0 spiro atoms. The molecule has 0 aliphatic heterocycles. The van der Waals surface area contributed by atoms with Crippen molar-refractivity contribution in [1.82, 2.24) is 0 Å². The van der Waals surface area contributed by atoms with E-state index < -0.39 is 0 Å². The van der Waals surface area contributed by atoms with Crippen LogP contribution in [0.15, 0.2) is 12.2 Å². The molecule has 0 aromatic heterocycles. The molecule has 0 N–H and O–H groups in total. The standard InChI is InChI=1S/C13H20O/c1-8-4-5-11-9(2)10-6-12(10)13(11,7-8)14-3/h8,10-12H,2,4-7H2,1,3H3/t8-,10-,11+,12-,13+/m1/s1. The Kier molecular flexibility index (Phi) is 1.69. The smallest absolute Gasteiger partial charge is 0.0780 e. The second-order valence-electron chi connectivity index (χ2n) is 5.62. The molecular formula is C13H20O. The summed E-state index contributed by atoms with van der Waals surface area (Å²) >= 11 is 0. The molecule has 0 aromatic rings. The van der Waals surface area contributed by atoms with Gasteiger partial charge in [0.25, 0.3) is 0 Å². The van der Waals surface area contributed by atoms with Crippen molar-refractivity contribution in [3.63, 3.8) is 0 Å². The van der Waals surface area contributed by atoms with Crippen molar-refractivity contribution in [2.75, 3.05) is 7.11 Å². The summed E-state index contributed by atoms with van der Waals surface area (Å²) in [4.78, 5) is 0. The fourth-order valence-electron chi connectivity index (χ4n) is 4.17. The van der Waals surface area contributed by atoms with E-state index in [4.69, 9.17) is 4.74 Å². The van der Waals surface area contributed by atoms with Gasteiger partial charge >= 0.3 is 0 Å². The molecule has 0 amide bonds. The summed E-state index contributed by atoms with van der Waals surface area (Å²) in [7, 11) is 1.92. The number of hydrogen-bond donors (Lipinski definition) is 0. The molecule has 0 unspecified atom stereocenters. The van der Waals surface area contributed by atoms with E-state index in [1.807, 2.05) is 7.11 Å². The zero-order valence-corrected chi connectivity index (χ0v) is 9.25. The van der Waals surface area contributed by atoms with Crippen LogP contribution in [0.2, 0.25) is 0 Å². The van der Waals surface area contributed by atoms with Crippen molar-refractivity contribution >= 4 is 0 Å². The van der Waals surface area contributed by atoms with E-state index in [0.717, 1.165) is 17.8 Å². The number of methoxy groups -OCH3 is 1. The molecule has 0 aromatic carbocycles. The average molecular weight is 192 g/mol. The average Bonchev–Trinajstić information content (AvgIpc) is 2.92. The number of fused-ring (bicyclic) bond motifs is 3. The highest BCUT2D eigenvalue weighted by molar-refractivity contribution is 5.32. The maximum Gasteiger partial charge on any atom is 0.0780 e. The molecule has 3 saturated carbocycles. The second kappa shape index (κ2) is 2.63. The van der Waals surface area contributed by atoms with Crippen LogP contribution >= 0.6 is 0 Å². The fraction of sp³-hybridized carbons (Fsp3) is 0.846. The lowest BCUT2D eigenvalue weighted by atomic mass is 9.69. The van der Waals surface area contributed by atoms with Gasteiger partial charge in [0.15, 0.2) is 0 Å². The number of rotatable bonds is 1. The fourth-order valence-corrected chi connectivity index (χ4v) is 4.17. The number of ether oxygens (including phenoxy) is 1. The van der Waals surface area contributed by atoms with Crippen LogP contribution in [0, 0.1) is 23.7 Å². The van der Waals surface area contributed by atoms with Crippen LogP contribution < -0.4 is 0 Å². The van der Waals surface area contributed by atoms with Crippen molar-refractivity contribution in [2.45, 2.75) is 38.2 Å². The minimum absolute atomic E-state index is 0.208. The lowest BCUT2D eigenvalue weighted by molar-refractivity contribution is -0.0886. The van der Waals surface area contributed by atoms with E-state index in [0.29, 0.717) is 5.92 Å². The van der Waals surface area contributed by atoms with Gasteiger partial charge in [0.1, 0.15) is 0 Å². The van der Waals surface area contributed by atoms with Crippen LogP contribution in [0.4, 0.5) is 0 Å². The molecule has 0 saturated heterocycles. The van der Waals surface area contributed by atoms with Gasteiger partial charge in [0, 0.05) is 13.0 Å². The van der Waals surface area contributed by atoms with Crippen LogP contribution in [0.1, 0.15) is 32.6 Å². The Balaban J connectivity index is 1.96. The minimum atomic E-state index is 0.208. The highest BCUT2D eigenvalue weighted by Crippen LogP contribution is 2.68. The summed E-state index contributed by atoms with van der Waals surface area (Å²) in [5.74, 6) is 3.18. The molecule has 0 bridgehead atoms. The van der Waals surface area contributed by atoms with Crippen LogP contribution in [0.25, 0.3) is 0 Å². The van der Waals surface area contributed by atoms with Crippen molar-refractivity contribution in [2.24, 2.45) is 23.7 Å². The molecule has 3 fully saturated rings. The zero-order valence-electron chi connectivity index (χ0n) is 9.25. The van der Waals surface area contributed by atoms with Crippen LogP contribution in [-0.4, -0.2) is 12.7 Å². The molecule has 14 heavy (non-hydrogen) atoms. The van der Waals surface area contributed by atoms with Gasteiger partial charge in [-0.1, -0.05) is 19.1 Å². The quantitative estimate of drug-likeness (QED) is 0.580. The molecule has 5 atom stereocenters. The van der Waals surface area contributed by atoms with E-state index in [-0.39, 0.29) is 5.60 Å². The normalized spacial score (nSPS) is 55.4. The van der Waals surface area contributed by atoms with Gasteiger partial charge in [-0.15, -0.1) is 0 Å². The maximum atomic E-state index is 5.94. The van der Waals surface area contributed by atoms with E-state index in [1.165, 1.54) is 31.3 Å². The largest absolute Gasteiger partial charge is 0.377 e. The Morgan fingerprint density at radius 1 is 1.43 bits per heavy atom. The third-order valence-corrected chi connectivity index (χ3v) is 4.93. The summed E-state index contributed by atoms with van der Waals surface area (Å²) in [6.07, 6.45) is 5.32. The summed E-state index contributed by atoms with van der Waals surface area (Å²) in [6, 6.07) is 0. The third-order valence-electron chi connectivity index (χ3n) is 4.93. The summed E-state index contributed by atoms with van der Waals surface area (Å²) in [5, 5.41) is 0. The van der Waals surface area contributed by atoms with Crippen molar-refractivity contribution < 1.29 is 4.74 Å². The van der Waals surface area contributed by atoms with Gasteiger partial charge in [0.05, 0.1) is 5.60 Å². The van der Waals surface area contributed by atoms with Crippen molar-refractivity contribution in [3.05, 3.63) is 12.2 Å². The van der Waals surface area contributed by atoms with Gasteiger partial charge in [-0.25, -0.2) is 0 Å². The zero-order chi connectivity index (χ0) is 9.92. The van der Waals surface area contributed by atoms with Crippen LogP contribution in [0.3, 0.4) is 0 Å².